The number of fused-ring (bicyclic) bond motifs is 1. The molecular weight excluding hydrogens is 324 g/mol. The van der Waals surface area contributed by atoms with Crippen LogP contribution in [0.5, 0.6) is 0 Å². The van der Waals surface area contributed by atoms with Crippen molar-refractivity contribution in [1.29, 1.82) is 0 Å². The SMILES string of the molecule is CCNC(=NCc1nnc2ccccn12)NCC1(CC(C)C)CCCC1. The normalized spacial score (nSPS) is 17.2. The summed E-state index contributed by atoms with van der Waals surface area (Å²) < 4.78 is 1.99. The van der Waals surface area contributed by atoms with Crippen LogP contribution in [-0.4, -0.2) is 33.6 Å². The van der Waals surface area contributed by atoms with Crippen molar-refractivity contribution in [1.82, 2.24) is 25.2 Å². The molecule has 2 N–H and O–H groups in total. The number of nitrogens with one attached hydrogen (secondary N) is 2. The number of pyridine rings is 1. The van der Waals surface area contributed by atoms with E-state index in [0.717, 1.165) is 36.4 Å². The highest BCUT2D eigenvalue weighted by atomic mass is 15.3. The Morgan fingerprint density at radius 3 is 2.77 bits per heavy atom. The van der Waals surface area contributed by atoms with Gasteiger partial charge in [-0.05, 0) is 49.7 Å². The lowest BCUT2D eigenvalue weighted by atomic mass is 9.78. The third-order valence-corrected chi connectivity index (χ3v) is 5.24. The summed E-state index contributed by atoms with van der Waals surface area (Å²) in [5.74, 6) is 2.46. The molecule has 0 bridgehead atoms. The number of rotatable bonds is 7. The zero-order chi connectivity index (χ0) is 18.4. The summed E-state index contributed by atoms with van der Waals surface area (Å²) in [6.45, 7) is 9.12. The van der Waals surface area contributed by atoms with Crippen molar-refractivity contribution >= 4 is 11.6 Å². The number of aliphatic imine (C=N–C) groups is 1. The van der Waals surface area contributed by atoms with Crippen LogP contribution in [0.1, 0.15) is 58.7 Å². The first-order valence-electron chi connectivity index (χ1n) is 9.93. The Kier molecular flexibility index (Phi) is 6.12. The second kappa shape index (κ2) is 8.52. The summed E-state index contributed by atoms with van der Waals surface area (Å²) >= 11 is 0. The van der Waals surface area contributed by atoms with E-state index in [-0.39, 0.29) is 0 Å². The number of nitrogens with zero attached hydrogens (tertiary/aromatic N) is 4. The summed E-state index contributed by atoms with van der Waals surface area (Å²) in [6, 6.07) is 5.92. The Morgan fingerprint density at radius 1 is 1.23 bits per heavy atom. The van der Waals surface area contributed by atoms with Crippen molar-refractivity contribution in [2.45, 2.75) is 59.4 Å². The van der Waals surface area contributed by atoms with E-state index in [4.69, 9.17) is 4.99 Å². The van der Waals surface area contributed by atoms with Crippen molar-refractivity contribution in [2.75, 3.05) is 13.1 Å². The van der Waals surface area contributed by atoms with Crippen LogP contribution in [0, 0.1) is 11.3 Å². The molecule has 26 heavy (non-hydrogen) atoms. The average Bonchev–Trinajstić information content (AvgIpc) is 3.24. The molecule has 1 aliphatic carbocycles. The molecule has 0 aromatic carbocycles. The molecule has 0 atom stereocenters. The molecule has 2 aromatic heterocycles. The zero-order valence-electron chi connectivity index (χ0n) is 16.3. The van der Waals surface area contributed by atoms with Crippen LogP contribution >= 0.6 is 0 Å². The van der Waals surface area contributed by atoms with Gasteiger partial charge in [-0.1, -0.05) is 32.8 Å². The first-order chi connectivity index (χ1) is 12.6. The molecule has 6 nitrogen and oxygen atoms in total. The van der Waals surface area contributed by atoms with Crippen molar-refractivity contribution in [3.8, 4) is 0 Å². The molecule has 3 rings (SSSR count). The van der Waals surface area contributed by atoms with Gasteiger partial charge in [0.1, 0.15) is 6.54 Å². The van der Waals surface area contributed by atoms with E-state index in [2.05, 4.69) is 41.6 Å². The Labute approximate surface area is 156 Å². The fraction of sp³-hybridized carbons (Fsp3) is 0.650. The molecular formula is C20H32N6. The van der Waals surface area contributed by atoms with Crippen LogP contribution in [0.2, 0.25) is 0 Å². The van der Waals surface area contributed by atoms with E-state index >= 15 is 0 Å². The first kappa shape index (κ1) is 18.7. The van der Waals surface area contributed by atoms with E-state index in [1.54, 1.807) is 0 Å². The highest BCUT2D eigenvalue weighted by Gasteiger charge is 2.34. The Hall–Kier alpha value is -2.11. The molecule has 1 fully saturated rings. The van der Waals surface area contributed by atoms with Gasteiger partial charge in [0.25, 0.3) is 0 Å². The fourth-order valence-electron chi connectivity index (χ4n) is 4.21. The van der Waals surface area contributed by atoms with E-state index in [0.29, 0.717) is 12.0 Å². The van der Waals surface area contributed by atoms with Gasteiger partial charge in [-0.3, -0.25) is 4.40 Å². The molecule has 0 radical (unpaired) electrons. The van der Waals surface area contributed by atoms with Crippen LogP contribution in [0.4, 0.5) is 0 Å². The van der Waals surface area contributed by atoms with Crippen LogP contribution in [0.25, 0.3) is 5.65 Å². The maximum absolute atomic E-state index is 4.75. The fourth-order valence-corrected chi connectivity index (χ4v) is 4.21. The molecule has 0 saturated heterocycles. The number of hydrogen-bond acceptors (Lipinski definition) is 3. The van der Waals surface area contributed by atoms with E-state index in [1.165, 1.54) is 32.1 Å². The molecule has 0 spiro atoms. The maximum Gasteiger partial charge on any atom is 0.191 e. The average molecular weight is 357 g/mol. The topological polar surface area (TPSA) is 66.6 Å². The summed E-state index contributed by atoms with van der Waals surface area (Å²) in [5, 5.41) is 15.4. The molecule has 1 saturated carbocycles. The van der Waals surface area contributed by atoms with Gasteiger partial charge < -0.3 is 10.6 Å². The molecule has 0 unspecified atom stereocenters. The lowest BCUT2D eigenvalue weighted by Gasteiger charge is -2.31. The predicted octanol–water partition coefficient (Wildman–Crippen LogP) is 3.39. The van der Waals surface area contributed by atoms with Crippen molar-refractivity contribution in [3.05, 3.63) is 30.2 Å². The van der Waals surface area contributed by atoms with Crippen LogP contribution in [0.15, 0.2) is 29.4 Å². The number of hydrogen-bond donors (Lipinski definition) is 2. The van der Waals surface area contributed by atoms with Gasteiger partial charge in [0.2, 0.25) is 0 Å². The predicted molar refractivity (Wildman–Crippen MR) is 106 cm³/mol. The largest absolute Gasteiger partial charge is 0.357 e. The van der Waals surface area contributed by atoms with E-state index in [1.807, 2.05) is 28.8 Å². The van der Waals surface area contributed by atoms with E-state index in [9.17, 15) is 0 Å². The molecule has 6 heteroatoms. The Morgan fingerprint density at radius 2 is 2.04 bits per heavy atom. The summed E-state index contributed by atoms with van der Waals surface area (Å²) in [6.07, 6.45) is 8.63. The molecule has 2 heterocycles. The second-order valence-electron chi connectivity index (χ2n) is 7.90. The maximum atomic E-state index is 4.75. The highest BCUT2D eigenvalue weighted by Crippen LogP contribution is 2.42. The first-order valence-corrected chi connectivity index (χ1v) is 9.93. The molecule has 142 valence electrons. The summed E-state index contributed by atoms with van der Waals surface area (Å²) in [4.78, 5) is 4.75. The van der Waals surface area contributed by atoms with Gasteiger partial charge >= 0.3 is 0 Å². The van der Waals surface area contributed by atoms with Gasteiger partial charge in [0, 0.05) is 19.3 Å². The van der Waals surface area contributed by atoms with Gasteiger partial charge in [-0.2, -0.15) is 0 Å². The van der Waals surface area contributed by atoms with Crippen molar-refractivity contribution in [2.24, 2.45) is 16.3 Å². The molecule has 2 aromatic rings. The van der Waals surface area contributed by atoms with Crippen LogP contribution in [-0.2, 0) is 6.54 Å². The minimum atomic E-state index is 0.423. The number of aromatic nitrogens is 3. The Bertz CT molecular complexity index is 727. The molecule has 0 aliphatic heterocycles. The van der Waals surface area contributed by atoms with Gasteiger partial charge in [-0.25, -0.2) is 4.99 Å². The smallest absolute Gasteiger partial charge is 0.191 e. The summed E-state index contributed by atoms with van der Waals surface area (Å²) in [5.41, 5.74) is 1.28. The quantitative estimate of drug-likeness (QED) is 0.589. The van der Waals surface area contributed by atoms with E-state index < -0.39 is 0 Å². The monoisotopic (exact) mass is 356 g/mol. The molecule has 0 amide bonds. The van der Waals surface area contributed by atoms with Crippen LogP contribution < -0.4 is 10.6 Å². The number of guanidine groups is 1. The third kappa shape index (κ3) is 4.54. The third-order valence-electron chi connectivity index (χ3n) is 5.24. The highest BCUT2D eigenvalue weighted by molar-refractivity contribution is 5.79. The van der Waals surface area contributed by atoms with Gasteiger partial charge in [0.15, 0.2) is 17.4 Å². The minimum Gasteiger partial charge on any atom is -0.357 e. The summed E-state index contributed by atoms with van der Waals surface area (Å²) in [7, 11) is 0. The van der Waals surface area contributed by atoms with Gasteiger partial charge in [0.05, 0.1) is 0 Å². The standard InChI is InChI=1S/C20H32N6/c1-4-21-19(23-15-20(13-16(2)3)10-6-7-11-20)22-14-18-25-24-17-9-5-8-12-26(17)18/h5,8-9,12,16H,4,6-7,10-11,13-15H2,1-3H3,(H2,21,22,23). The lowest BCUT2D eigenvalue weighted by molar-refractivity contribution is 0.235. The second-order valence-corrected chi connectivity index (χ2v) is 7.90. The Balaban J connectivity index is 1.67. The van der Waals surface area contributed by atoms with Gasteiger partial charge in [-0.15, -0.1) is 10.2 Å². The van der Waals surface area contributed by atoms with Crippen molar-refractivity contribution < 1.29 is 0 Å². The lowest BCUT2D eigenvalue weighted by Crippen LogP contribution is -2.43. The van der Waals surface area contributed by atoms with Crippen LogP contribution in [0.3, 0.4) is 0 Å². The van der Waals surface area contributed by atoms with Crippen molar-refractivity contribution in [3.63, 3.8) is 0 Å². The molecule has 1 aliphatic rings. The zero-order valence-corrected chi connectivity index (χ0v) is 16.3. The minimum absolute atomic E-state index is 0.423.